The van der Waals surface area contributed by atoms with E-state index in [1.165, 1.54) is 0 Å². The molecule has 0 aromatic carbocycles. The van der Waals surface area contributed by atoms with E-state index in [9.17, 15) is 4.57 Å². The Balaban J connectivity index is 0.000000622. The minimum absolute atomic E-state index is 0. The minimum atomic E-state index is -3.04. The van der Waals surface area contributed by atoms with E-state index in [2.05, 4.69) is 4.99 Å². The smallest absolute Gasteiger partial charge is 0.308 e. The van der Waals surface area contributed by atoms with Crippen LogP contribution in [0, 0.1) is 63.7 Å². The third kappa shape index (κ3) is 10.3. The van der Waals surface area contributed by atoms with Gasteiger partial charge in [-0.1, -0.05) is 0 Å². The van der Waals surface area contributed by atoms with Gasteiger partial charge in [0, 0.05) is 12.1 Å². The van der Waals surface area contributed by atoms with Crippen molar-refractivity contribution in [3.8, 4) is 0 Å². The van der Waals surface area contributed by atoms with E-state index >= 15 is 0 Å². The van der Waals surface area contributed by atoms with Crippen LogP contribution in [0.1, 0.15) is 13.8 Å². The molecule has 0 atom stereocenters. The quantitative estimate of drug-likeness (QED) is 0.367. The Kier molecular flexibility index (Phi) is 14.1. The fourth-order valence-electron chi connectivity index (χ4n) is 1.55. The number of hydrogen-bond donors (Lipinski definition) is 0. The number of aliphatic imine (C=N–C) groups is 1. The molecule has 2 aliphatic carbocycles. The van der Waals surface area contributed by atoms with Crippen molar-refractivity contribution < 1.29 is 33.1 Å². The van der Waals surface area contributed by atoms with E-state index in [0.29, 0.717) is 13.2 Å². The Bertz CT molecular complexity index is 312. The maximum Gasteiger partial charge on any atom is 2.00 e. The van der Waals surface area contributed by atoms with Crippen LogP contribution in [0.5, 0.6) is 0 Å². The molecule has 0 bridgehead atoms. The molecule has 0 aliphatic heterocycles. The van der Waals surface area contributed by atoms with Gasteiger partial charge in [0.1, 0.15) is 6.29 Å². The van der Waals surface area contributed by atoms with Crippen molar-refractivity contribution in [2.75, 3.05) is 19.5 Å². The van der Waals surface area contributed by atoms with E-state index in [0.717, 1.165) is 5.92 Å². The Morgan fingerprint density at radius 3 is 1.82 bits per heavy atom. The molecule has 0 amide bonds. The number of hydrogen-bond acceptors (Lipinski definition) is 4. The molecule has 2 aliphatic rings. The van der Waals surface area contributed by atoms with Gasteiger partial charge in [-0.25, -0.2) is 0 Å². The molecule has 6 heteroatoms. The molecule has 120 valence electrons. The van der Waals surface area contributed by atoms with Crippen molar-refractivity contribution in [1.29, 1.82) is 0 Å². The summed E-state index contributed by atoms with van der Waals surface area (Å²) < 4.78 is 22.2. The largest absolute Gasteiger partial charge is 2.00 e. The molecule has 0 aromatic rings. The molecule has 0 N–H and O–H groups in total. The van der Waals surface area contributed by atoms with Gasteiger partial charge in [-0.05, 0) is 71.6 Å². The van der Waals surface area contributed by atoms with E-state index in [1.54, 1.807) is 20.1 Å². The molecule has 0 spiro atoms. The van der Waals surface area contributed by atoms with Crippen LogP contribution in [0.25, 0.3) is 0 Å². The summed E-state index contributed by atoms with van der Waals surface area (Å²) >= 11 is 0. The van der Waals surface area contributed by atoms with Crippen LogP contribution < -0.4 is 0 Å². The number of rotatable bonds is 7. The SMILES string of the molecule is CCOP(=O)(C/N=C/[C]1[CH][CH][CH][CH]1)OCC.[CH]1[CH][CH][CH][CH]1.[Ru+2]. The Morgan fingerprint density at radius 1 is 0.955 bits per heavy atom. The molecule has 2 fully saturated rings. The fourth-order valence-corrected chi connectivity index (χ4v) is 2.86. The van der Waals surface area contributed by atoms with Gasteiger partial charge in [-0.15, -0.1) is 0 Å². The van der Waals surface area contributed by atoms with Gasteiger partial charge < -0.3 is 9.05 Å². The first-order valence-electron chi connectivity index (χ1n) is 6.96. The molecule has 22 heavy (non-hydrogen) atoms. The summed E-state index contributed by atoms with van der Waals surface area (Å²) in [6.45, 7) is 4.30. The van der Waals surface area contributed by atoms with Crippen molar-refractivity contribution >= 4 is 13.8 Å². The van der Waals surface area contributed by atoms with Crippen LogP contribution in [-0.2, 0) is 33.1 Å². The molecular weight excluding hydrogens is 386 g/mol. The van der Waals surface area contributed by atoms with Gasteiger partial charge in [0.05, 0.1) is 13.2 Å². The average Bonchev–Trinajstić information content (AvgIpc) is 3.15. The molecular formula is C16H22NO3PRu+2. The predicted octanol–water partition coefficient (Wildman–Crippen LogP) is 3.71. The average molecular weight is 408 g/mol. The Hall–Kier alpha value is 0.443. The maximum atomic E-state index is 12.0. The zero-order chi connectivity index (χ0) is 15.4. The fraction of sp³-hybridized carbons (Fsp3) is 0.312. The predicted molar refractivity (Wildman–Crippen MR) is 86.2 cm³/mol. The van der Waals surface area contributed by atoms with Gasteiger partial charge in [-0.2, -0.15) is 0 Å². The van der Waals surface area contributed by atoms with Crippen molar-refractivity contribution in [3.05, 3.63) is 63.7 Å². The third-order valence-electron chi connectivity index (χ3n) is 2.39. The van der Waals surface area contributed by atoms with Crippen LogP contribution in [0.2, 0.25) is 0 Å². The second-order valence-corrected chi connectivity index (χ2v) is 6.10. The van der Waals surface area contributed by atoms with E-state index in [1.807, 2.05) is 57.8 Å². The summed E-state index contributed by atoms with van der Waals surface area (Å²) in [5, 5.41) is 0. The van der Waals surface area contributed by atoms with Crippen LogP contribution in [0.15, 0.2) is 4.99 Å². The Morgan fingerprint density at radius 2 is 1.41 bits per heavy atom. The van der Waals surface area contributed by atoms with E-state index in [4.69, 9.17) is 9.05 Å². The van der Waals surface area contributed by atoms with Gasteiger partial charge in [0.2, 0.25) is 0 Å². The molecule has 0 aromatic heterocycles. The summed E-state index contributed by atoms with van der Waals surface area (Å²) in [6.07, 6.45) is 19.4. The van der Waals surface area contributed by atoms with E-state index < -0.39 is 7.60 Å². The standard InChI is InChI=1S/C11H17NO3P.C5H5.Ru/c1-3-14-16(13,15-4-2)10-12-9-11-7-5-6-8-11;1-2-4-5-3-1;/h5-9H,3-4,10H2,1-2H3;1-5H;/q;;+2/b12-9+;;. The monoisotopic (exact) mass is 409 g/mol. The van der Waals surface area contributed by atoms with Gasteiger partial charge >= 0.3 is 27.1 Å². The summed E-state index contributed by atoms with van der Waals surface area (Å²) in [5.74, 6) is 0.986. The molecule has 2 saturated carbocycles. The Labute approximate surface area is 149 Å². The summed E-state index contributed by atoms with van der Waals surface area (Å²) in [7, 11) is -3.04. The third-order valence-corrected chi connectivity index (χ3v) is 4.20. The normalized spacial score (nSPS) is 19.0. The van der Waals surface area contributed by atoms with Gasteiger partial charge in [0.25, 0.3) is 0 Å². The van der Waals surface area contributed by atoms with Crippen LogP contribution in [-0.4, -0.2) is 25.7 Å². The van der Waals surface area contributed by atoms with Gasteiger partial charge in [0.15, 0.2) is 0 Å². The molecule has 0 saturated heterocycles. The number of nitrogens with zero attached hydrogens (tertiary/aromatic N) is 1. The minimum Gasteiger partial charge on any atom is -0.308 e. The summed E-state index contributed by atoms with van der Waals surface area (Å²) in [5.41, 5.74) is 0. The van der Waals surface area contributed by atoms with Crippen LogP contribution in [0.4, 0.5) is 0 Å². The van der Waals surface area contributed by atoms with Crippen LogP contribution in [0.3, 0.4) is 0 Å². The molecule has 2 rings (SSSR count). The first-order valence-corrected chi connectivity index (χ1v) is 8.69. The molecule has 0 heterocycles. The van der Waals surface area contributed by atoms with Gasteiger partial charge in [-0.3, -0.25) is 9.56 Å². The second kappa shape index (κ2) is 13.8. The summed E-state index contributed by atoms with van der Waals surface area (Å²) in [4.78, 5) is 4.09. The zero-order valence-electron chi connectivity index (χ0n) is 12.9. The molecule has 10 radical (unpaired) electrons. The summed E-state index contributed by atoms with van der Waals surface area (Å²) in [6, 6.07) is 0. The van der Waals surface area contributed by atoms with Crippen LogP contribution >= 0.6 is 7.60 Å². The first-order chi connectivity index (χ1) is 10.2. The van der Waals surface area contributed by atoms with Crippen molar-refractivity contribution in [1.82, 2.24) is 0 Å². The maximum absolute atomic E-state index is 12.0. The second-order valence-electron chi connectivity index (χ2n) is 4.08. The topological polar surface area (TPSA) is 47.9 Å². The van der Waals surface area contributed by atoms with Crippen molar-refractivity contribution in [2.45, 2.75) is 13.8 Å². The first kappa shape index (κ1) is 22.4. The zero-order valence-corrected chi connectivity index (χ0v) is 15.5. The van der Waals surface area contributed by atoms with Crippen molar-refractivity contribution in [2.24, 2.45) is 4.99 Å². The molecule has 4 nitrogen and oxygen atoms in total. The molecule has 0 unspecified atom stereocenters. The van der Waals surface area contributed by atoms with Crippen molar-refractivity contribution in [3.63, 3.8) is 0 Å². The van der Waals surface area contributed by atoms with E-state index in [-0.39, 0.29) is 25.8 Å².